The van der Waals surface area contributed by atoms with Gasteiger partial charge in [0.2, 0.25) is 0 Å². The normalized spacial score (nSPS) is 39.6. The number of nitrogens with one attached hydrogen (secondary N) is 1. The number of hydrogen-bond donors (Lipinski definition) is 1. The molecule has 92 valence electrons. The van der Waals surface area contributed by atoms with E-state index in [2.05, 4.69) is 17.1 Å². The zero-order valence-corrected chi connectivity index (χ0v) is 10.7. The lowest BCUT2D eigenvalue weighted by molar-refractivity contribution is -0.0680. The highest BCUT2D eigenvalue weighted by atomic mass is 15.3. The third-order valence-electron chi connectivity index (χ3n) is 5.18. The first-order chi connectivity index (χ1) is 7.79. The molecule has 1 spiro atoms. The van der Waals surface area contributed by atoms with Gasteiger partial charge in [-0.1, -0.05) is 19.3 Å². The molecule has 2 unspecified atom stereocenters. The van der Waals surface area contributed by atoms with Crippen molar-refractivity contribution in [3.05, 3.63) is 0 Å². The first-order valence-corrected chi connectivity index (χ1v) is 7.27. The van der Waals surface area contributed by atoms with Gasteiger partial charge in [-0.25, -0.2) is 0 Å². The third kappa shape index (κ3) is 1.91. The molecule has 3 fully saturated rings. The van der Waals surface area contributed by atoms with Gasteiger partial charge in [-0.3, -0.25) is 4.90 Å². The Morgan fingerprint density at radius 2 is 1.81 bits per heavy atom. The van der Waals surface area contributed by atoms with Crippen LogP contribution in [-0.4, -0.2) is 36.6 Å². The van der Waals surface area contributed by atoms with Gasteiger partial charge in [-0.05, 0) is 44.6 Å². The largest absolute Gasteiger partial charge is 0.313 e. The monoisotopic (exact) mass is 222 g/mol. The lowest BCUT2D eigenvalue weighted by atomic mass is 9.67. The molecule has 0 radical (unpaired) electrons. The fraction of sp³-hybridized carbons (Fsp3) is 1.00. The predicted octanol–water partition coefficient (Wildman–Crippen LogP) is 2.39. The molecular formula is C14H26N2. The maximum absolute atomic E-state index is 3.63. The van der Waals surface area contributed by atoms with Crippen LogP contribution in [0.25, 0.3) is 0 Å². The molecule has 3 rings (SSSR count). The molecular weight excluding hydrogens is 196 g/mol. The van der Waals surface area contributed by atoms with Gasteiger partial charge < -0.3 is 5.32 Å². The van der Waals surface area contributed by atoms with Crippen LogP contribution >= 0.6 is 0 Å². The fourth-order valence-corrected chi connectivity index (χ4v) is 4.19. The molecule has 0 bridgehead atoms. The van der Waals surface area contributed by atoms with Gasteiger partial charge in [0.05, 0.1) is 0 Å². The van der Waals surface area contributed by atoms with Gasteiger partial charge in [0, 0.05) is 25.2 Å². The Balaban J connectivity index is 1.55. The minimum Gasteiger partial charge on any atom is -0.313 e. The molecule has 2 saturated heterocycles. The second-order valence-corrected chi connectivity index (χ2v) is 6.42. The van der Waals surface area contributed by atoms with E-state index in [0.717, 1.165) is 17.5 Å². The molecule has 1 aliphatic carbocycles. The highest BCUT2D eigenvalue weighted by molar-refractivity contribution is 5.01. The Bertz CT molecular complexity index is 237. The van der Waals surface area contributed by atoms with Crippen molar-refractivity contribution < 1.29 is 0 Å². The van der Waals surface area contributed by atoms with Crippen molar-refractivity contribution >= 4 is 0 Å². The summed E-state index contributed by atoms with van der Waals surface area (Å²) in [7, 11) is 0. The zero-order valence-electron chi connectivity index (χ0n) is 10.7. The molecule has 1 N–H and O–H groups in total. The molecule has 16 heavy (non-hydrogen) atoms. The second-order valence-electron chi connectivity index (χ2n) is 6.42. The molecule has 2 aliphatic heterocycles. The molecule has 2 heteroatoms. The van der Waals surface area contributed by atoms with E-state index in [4.69, 9.17) is 0 Å². The Kier molecular flexibility index (Phi) is 2.97. The molecule has 2 atom stereocenters. The summed E-state index contributed by atoms with van der Waals surface area (Å²) < 4.78 is 0. The van der Waals surface area contributed by atoms with E-state index in [9.17, 15) is 0 Å². The molecule has 1 saturated carbocycles. The summed E-state index contributed by atoms with van der Waals surface area (Å²) in [5.74, 6) is 0. The molecule has 2 heterocycles. The van der Waals surface area contributed by atoms with Crippen molar-refractivity contribution in [2.75, 3.05) is 19.6 Å². The quantitative estimate of drug-likeness (QED) is 0.733. The number of rotatable bonds is 1. The molecule has 0 aromatic carbocycles. The van der Waals surface area contributed by atoms with Gasteiger partial charge in [-0.2, -0.15) is 0 Å². The van der Waals surface area contributed by atoms with E-state index in [1.54, 1.807) is 0 Å². The highest BCUT2D eigenvalue weighted by Gasteiger charge is 2.46. The van der Waals surface area contributed by atoms with Crippen LogP contribution in [0.5, 0.6) is 0 Å². The molecule has 2 nitrogen and oxygen atoms in total. The van der Waals surface area contributed by atoms with Crippen LogP contribution in [0, 0.1) is 5.41 Å². The standard InChI is InChI=1S/C14H26N2/c1-12-13(6-5-9-15-12)16-10-14(11-16)7-3-2-4-8-14/h12-13,15H,2-11H2,1H3. The van der Waals surface area contributed by atoms with Crippen molar-refractivity contribution in [3.8, 4) is 0 Å². The predicted molar refractivity (Wildman–Crippen MR) is 67.6 cm³/mol. The summed E-state index contributed by atoms with van der Waals surface area (Å²) in [4.78, 5) is 2.77. The Hall–Kier alpha value is -0.0800. The topological polar surface area (TPSA) is 15.3 Å². The Morgan fingerprint density at radius 3 is 2.50 bits per heavy atom. The van der Waals surface area contributed by atoms with Crippen LogP contribution in [0.3, 0.4) is 0 Å². The number of piperidine rings is 1. The minimum absolute atomic E-state index is 0.717. The van der Waals surface area contributed by atoms with E-state index < -0.39 is 0 Å². The summed E-state index contributed by atoms with van der Waals surface area (Å²) in [6.45, 7) is 6.42. The maximum atomic E-state index is 3.63. The minimum atomic E-state index is 0.717. The Morgan fingerprint density at radius 1 is 1.06 bits per heavy atom. The van der Waals surface area contributed by atoms with E-state index in [0.29, 0.717) is 0 Å². The lowest BCUT2D eigenvalue weighted by Gasteiger charge is -2.57. The molecule has 0 amide bonds. The van der Waals surface area contributed by atoms with Gasteiger partial charge in [-0.15, -0.1) is 0 Å². The fourth-order valence-electron chi connectivity index (χ4n) is 4.19. The number of hydrogen-bond acceptors (Lipinski definition) is 2. The van der Waals surface area contributed by atoms with Crippen LogP contribution in [0.15, 0.2) is 0 Å². The van der Waals surface area contributed by atoms with Gasteiger partial charge in [0.25, 0.3) is 0 Å². The third-order valence-corrected chi connectivity index (χ3v) is 5.18. The van der Waals surface area contributed by atoms with Crippen LogP contribution in [0.4, 0.5) is 0 Å². The number of nitrogens with zero attached hydrogens (tertiary/aromatic N) is 1. The lowest BCUT2D eigenvalue weighted by Crippen LogP contribution is -2.65. The first kappa shape index (κ1) is 11.0. The van der Waals surface area contributed by atoms with Crippen molar-refractivity contribution in [3.63, 3.8) is 0 Å². The second kappa shape index (κ2) is 4.30. The van der Waals surface area contributed by atoms with Gasteiger partial charge in [0.1, 0.15) is 0 Å². The molecule has 0 aromatic rings. The summed E-state index contributed by atoms with van der Waals surface area (Å²) in [5.41, 5.74) is 0.759. The summed E-state index contributed by atoms with van der Waals surface area (Å²) in [5, 5.41) is 3.63. The average Bonchev–Trinajstić information content (AvgIpc) is 2.28. The zero-order chi connectivity index (χ0) is 11.0. The van der Waals surface area contributed by atoms with Crippen molar-refractivity contribution in [1.82, 2.24) is 10.2 Å². The van der Waals surface area contributed by atoms with Gasteiger partial charge in [0.15, 0.2) is 0 Å². The average molecular weight is 222 g/mol. The van der Waals surface area contributed by atoms with Crippen LogP contribution in [-0.2, 0) is 0 Å². The van der Waals surface area contributed by atoms with Crippen LogP contribution in [0.1, 0.15) is 51.9 Å². The van der Waals surface area contributed by atoms with Crippen LogP contribution < -0.4 is 5.32 Å². The van der Waals surface area contributed by atoms with Gasteiger partial charge >= 0.3 is 0 Å². The molecule has 0 aromatic heterocycles. The van der Waals surface area contributed by atoms with E-state index >= 15 is 0 Å². The summed E-state index contributed by atoms with van der Waals surface area (Å²) >= 11 is 0. The van der Waals surface area contributed by atoms with E-state index in [1.165, 1.54) is 64.6 Å². The van der Waals surface area contributed by atoms with Crippen LogP contribution in [0.2, 0.25) is 0 Å². The Labute approximate surface area is 99.8 Å². The van der Waals surface area contributed by atoms with Crippen molar-refractivity contribution in [2.24, 2.45) is 5.41 Å². The van der Waals surface area contributed by atoms with E-state index in [-0.39, 0.29) is 0 Å². The summed E-state index contributed by atoms with van der Waals surface area (Å²) in [6.07, 6.45) is 10.3. The summed E-state index contributed by atoms with van der Waals surface area (Å²) in [6, 6.07) is 1.55. The molecule has 3 aliphatic rings. The van der Waals surface area contributed by atoms with Crippen molar-refractivity contribution in [2.45, 2.75) is 64.0 Å². The number of likely N-dealkylation sites (tertiary alicyclic amines) is 1. The van der Waals surface area contributed by atoms with E-state index in [1.807, 2.05) is 0 Å². The highest BCUT2D eigenvalue weighted by Crippen LogP contribution is 2.45. The van der Waals surface area contributed by atoms with Crippen molar-refractivity contribution in [1.29, 1.82) is 0 Å². The SMILES string of the molecule is CC1NCCCC1N1CC2(CCCCC2)C1. The maximum Gasteiger partial charge on any atom is 0.0247 e. The smallest absolute Gasteiger partial charge is 0.0247 e. The first-order valence-electron chi connectivity index (χ1n) is 7.27.